The first-order valence-corrected chi connectivity index (χ1v) is 5.71. The van der Waals surface area contributed by atoms with Crippen LogP contribution in [-0.2, 0) is 9.84 Å². The molecule has 0 N–H and O–H groups in total. The first-order valence-electron chi connectivity index (χ1n) is 3.82. The third-order valence-corrected chi connectivity index (χ3v) is 2.86. The van der Waals surface area contributed by atoms with Crippen molar-refractivity contribution in [2.45, 2.75) is 4.90 Å². The Balaban J connectivity index is 0.00000225. The maximum Gasteiger partial charge on any atom is 1.00 e. The third-order valence-electron chi connectivity index (χ3n) is 1.75. The number of hydrogen-bond acceptors (Lipinski definition) is 2. The molecule has 16 heavy (non-hydrogen) atoms. The predicted molar refractivity (Wildman–Crippen MR) is 48.2 cm³/mol. The molecule has 9 heteroatoms. The van der Waals surface area contributed by atoms with Gasteiger partial charge in [-0.05, 0) is 12.1 Å². The van der Waals surface area contributed by atoms with Gasteiger partial charge in [0.2, 0.25) is 0 Å². The maximum absolute atomic E-state index is 12.9. The summed E-state index contributed by atoms with van der Waals surface area (Å²) in [6, 6.07) is 1.55. The average Bonchev–Trinajstić information content (AvgIpc) is 1.99. The molecule has 0 spiro atoms. The van der Waals surface area contributed by atoms with E-state index in [1.54, 1.807) is 0 Å². The Morgan fingerprint density at radius 1 is 1.19 bits per heavy atom. The molecule has 0 aliphatic rings. The van der Waals surface area contributed by atoms with Gasteiger partial charge in [0, 0.05) is 6.26 Å². The van der Waals surface area contributed by atoms with Crippen LogP contribution in [0.3, 0.4) is 0 Å². The second-order valence-electron chi connectivity index (χ2n) is 3.03. The number of benzene rings is 1. The maximum atomic E-state index is 12.9. The zero-order valence-corrected chi connectivity index (χ0v) is 12.5. The minimum Gasteiger partial charge on any atom is -0.445 e. The minimum atomic E-state index is -5.45. The van der Waals surface area contributed by atoms with E-state index in [1.807, 2.05) is 0 Å². The Bertz CT molecular complexity index is 486. The molecular formula is C7H6BF4KO2S. The molecule has 2 nitrogen and oxygen atoms in total. The van der Waals surface area contributed by atoms with Crippen molar-refractivity contribution in [2.24, 2.45) is 0 Å². The summed E-state index contributed by atoms with van der Waals surface area (Å²) in [5.41, 5.74) is -1.41. The van der Waals surface area contributed by atoms with Crippen LogP contribution in [0, 0.1) is 5.82 Å². The molecule has 0 aliphatic carbocycles. The van der Waals surface area contributed by atoms with E-state index in [0.29, 0.717) is 12.1 Å². The van der Waals surface area contributed by atoms with Crippen molar-refractivity contribution in [2.75, 3.05) is 6.26 Å². The van der Waals surface area contributed by atoms with E-state index in [9.17, 15) is 25.8 Å². The quantitative estimate of drug-likeness (QED) is 0.477. The van der Waals surface area contributed by atoms with E-state index >= 15 is 0 Å². The molecule has 0 aromatic heterocycles. The van der Waals surface area contributed by atoms with Crippen LogP contribution < -0.4 is 56.8 Å². The van der Waals surface area contributed by atoms with Crippen LogP contribution in [0.2, 0.25) is 0 Å². The van der Waals surface area contributed by atoms with Gasteiger partial charge in [-0.1, -0.05) is 11.5 Å². The molecule has 0 saturated carbocycles. The molecule has 0 aliphatic heterocycles. The summed E-state index contributed by atoms with van der Waals surface area (Å²) in [6.07, 6.45) is 0.792. The van der Waals surface area contributed by atoms with Gasteiger partial charge >= 0.3 is 58.4 Å². The number of halogens is 4. The molecule has 0 saturated heterocycles. The molecule has 1 rings (SSSR count). The summed E-state index contributed by atoms with van der Waals surface area (Å²) < 4.78 is 71.2. The summed E-state index contributed by atoms with van der Waals surface area (Å²) in [6.45, 7) is -5.45. The van der Waals surface area contributed by atoms with E-state index in [-0.39, 0.29) is 51.4 Å². The van der Waals surface area contributed by atoms with E-state index < -0.39 is 33.0 Å². The molecule has 0 amide bonds. The van der Waals surface area contributed by atoms with Crippen molar-refractivity contribution in [3.05, 3.63) is 24.0 Å². The summed E-state index contributed by atoms with van der Waals surface area (Å²) in [7, 11) is -3.69. The molecule has 0 heterocycles. The predicted octanol–water partition coefficient (Wildman–Crippen LogP) is -1.71. The van der Waals surface area contributed by atoms with Crippen molar-refractivity contribution in [3.63, 3.8) is 0 Å². The van der Waals surface area contributed by atoms with E-state index in [1.165, 1.54) is 0 Å². The number of hydrogen-bond donors (Lipinski definition) is 0. The van der Waals surface area contributed by atoms with Gasteiger partial charge in [-0.15, -0.1) is 0 Å². The minimum absolute atomic E-state index is 0. The molecular weight excluding hydrogens is 274 g/mol. The van der Waals surface area contributed by atoms with E-state index in [2.05, 4.69) is 0 Å². The molecule has 0 radical (unpaired) electrons. The van der Waals surface area contributed by atoms with Crippen LogP contribution in [0.1, 0.15) is 0 Å². The van der Waals surface area contributed by atoms with Crippen molar-refractivity contribution >= 4 is 22.3 Å². The first kappa shape index (κ1) is 16.6. The summed E-state index contributed by atoms with van der Waals surface area (Å²) >= 11 is 0. The Hall–Kier alpha value is 0.591. The smallest absolute Gasteiger partial charge is 0.445 e. The van der Waals surface area contributed by atoms with Gasteiger partial charge < -0.3 is 12.9 Å². The Morgan fingerprint density at radius 3 is 2.00 bits per heavy atom. The van der Waals surface area contributed by atoms with Gasteiger partial charge in [0.1, 0.15) is 0 Å². The standard InChI is InChI=1S/C7H6BF4O2S.K/c1-15(13,14)5-2-3-6(7(9)4-5)8(10,11)12;/h2-4H,1H3;/q-1;+1. The second-order valence-corrected chi connectivity index (χ2v) is 5.05. The Labute approximate surface area is 133 Å². The molecule has 0 unspecified atom stereocenters. The average molecular weight is 280 g/mol. The van der Waals surface area contributed by atoms with E-state index in [4.69, 9.17) is 0 Å². The van der Waals surface area contributed by atoms with Crippen LogP contribution in [0.25, 0.3) is 0 Å². The zero-order valence-electron chi connectivity index (χ0n) is 8.55. The van der Waals surface area contributed by atoms with Crippen molar-refractivity contribution in [3.8, 4) is 0 Å². The van der Waals surface area contributed by atoms with Crippen LogP contribution in [0.15, 0.2) is 23.1 Å². The molecule has 1 aromatic rings. The Kier molecular flexibility index (Phi) is 5.69. The fourth-order valence-electron chi connectivity index (χ4n) is 1.00. The molecule has 0 bridgehead atoms. The summed E-state index contributed by atoms with van der Waals surface area (Å²) in [5.74, 6) is -1.56. The van der Waals surface area contributed by atoms with Gasteiger partial charge in [-0.25, -0.2) is 12.8 Å². The van der Waals surface area contributed by atoms with Crippen LogP contribution in [0.5, 0.6) is 0 Å². The SMILES string of the molecule is CS(=O)(=O)c1ccc([B-](F)(F)F)c(F)c1.[K+]. The molecule has 84 valence electrons. The van der Waals surface area contributed by atoms with Gasteiger partial charge in [0.15, 0.2) is 9.84 Å². The summed E-state index contributed by atoms with van der Waals surface area (Å²) in [4.78, 5) is -0.469. The van der Waals surface area contributed by atoms with Crippen LogP contribution in [0.4, 0.5) is 17.3 Å². The fourth-order valence-corrected chi connectivity index (χ4v) is 1.64. The molecule has 1 aromatic carbocycles. The largest absolute Gasteiger partial charge is 1.00 e. The van der Waals surface area contributed by atoms with Crippen molar-refractivity contribution in [1.29, 1.82) is 0 Å². The zero-order chi connectivity index (χ0) is 11.9. The normalized spacial score (nSPS) is 12.1. The van der Waals surface area contributed by atoms with E-state index in [0.717, 1.165) is 12.3 Å². The Morgan fingerprint density at radius 2 is 1.69 bits per heavy atom. The number of rotatable bonds is 2. The fraction of sp³-hybridized carbons (Fsp3) is 0.143. The van der Waals surface area contributed by atoms with Gasteiger partial charge in [0.25, 0.3) is 0 Å². The van der Waals surface area contributed by atoms with Gasteiger partial charge in [0.05, 0.1) is 10.7 Å². The monoisotopic (exact) mass is 280 g/mol. The van der Waals surface area contributed by atoms with Gasteiger partial charge in [-0.3, -0.25) is 0 Å². The topological polar surface area (TPSA) is 34.1 Å². The first-order chi connectivity index (χ1) is 6.62. The third kappa shape index (κ3) is 4.12. The van der Waals surface area contributed by atoms with Crippen LogP contribution in [-0.4, -0.2) is 21.7 Å². The van der Waals surface area contributed by atoms with Gasteiger partial charge in [-0.2, -0.15) is 0 Å². The van der Waals surface area contributed by atoms with Crippen molar-refractivity contribution in [1.82, 2.24) is 0 Å². The molecule has 0 fully saturated rings. The molecule has 0 atom stereocenters. The van der Waals surface area contributed by atoms with Crippen LogP contribution >= 0.6 is 0 Å². The van der Waals surface area contributed by atoms with Crippen molar-refractivity contribution < 1.29 is 77.1 Å². The number of sulfone groups is 1. The summed E-state index contributed by atoms with van der Waals surface area (Å²) in [5, 5.41) is 0. The second kappa shape index (κ2) is 5.49.